The lowest BCUT2D eigenvalue weighted by molar-refractivity contribution is -0.144. The average molecular weight is 346 g/mol. The van der Waals surface area contributed by atoms with Crippen molar-refractivity contribution in [3.63, 3.8) is 0 Å². The summed E-state index contributed by atoms with van der Waals surface area (Å²) in [5, 5.41) is -0.168. The highest BCUT2D eigenvalue weighted by Gasteiger charge is 2.24. The van der Waals surface area contributed by atoms with E-state index in [1.807, 2.05) is 0 Å². The summed E-state index contributed by atoms with van der Waals surface area (Å²) in [6.07, 6.45) is -0.876. The van der Waals surface area contributed by atoms with Crippen molar-refractivity contribution in [1.29, 1.82) is 0 Å². The van der Waals surface area contributed by atoms with E-state index in [1.54, 1.807) is 0 Å². The van der Waals surface area contributed by atoms with Crippen LogP contribution in [0.4, 0.5) is 0 Å². The van der Waals surface area contributed by atoms with Crippen LogP contribution in [0.5, 0.6) is 5.75 Å². The molecule has 1 atom stereocenters. The Labute approximate surface area is 134 Å². The first kappa shape index (κ1) is 18.5. The van der Waals surface area contributed by atoms with Crippen LogP contribution in [-0.2, 0) is 24.2 Å². The normalized spacial score (nSPS) is 12.5. The van der Waals surface area contributed by atoms with Crippen molar-refractivity contribution in [3.05, 3.63) is 24.3 Å². The molecule has 0 spiro atoms. The average Bonchev–Trinajstić information content (AvgIpc) is 2.44. The maximum atomic E-state index is 12.3. The smallest absolute Gasteiger partial charge is 0.302 e. The van der Waals surface area contributed by atoms with Crippen molar-refractivity contribution in [3.8, 4) is 5.75 Å². The van der Waals surface area contributed by atoms with E-state index in [0.717, 1.165) is 11.8 Å². The second kappa shape index (κ2) is 8.19. The molecule has 0 N–H and O–H groups in total. The van der Waals surface area contributed by atoms with Gasteiger partial charge >= 0.3 is 5.97 Å². The van der Waals surface area contributed by atoms with Crippen molar-refractivity contribution in [2.45, 2.75) is 24.8 Å². The van der Waals surface area contributed by atoms with E-state index in [0.29, 0.717) is 5.75 Å². The summed E-state index contributed by atoms with van der Waals surface area (Å²) >= 11 is 0.923. The summed E-state index contributed by atoms with van der Waals surface area (Å²) < 4.78 is 34.6. The quantitative estimate of drug-likeness (QED) is 0.694. The molecule has 8 heteroatoms. The van der Waals surface area contributed by atoms with Crippen molar-refractivity contribution >= 4 is 32.7 Å². The minimum absolute atomic E-state index is 0.101. The SMILES string of the molecule is COc1ccc(S(=O)(=O)CC(CSC(C)=O)OC(C)=O)cc1. The minimum atomic E-state index is -3.64. The van der Waals surface area contributed by atoms with E-state index in [4.69, 9.17) is 9.47 Å². The monoisotopic (exact) mass is 346 g/mol. The second-order valence-corrected chi connectivity index (χ2v) is 7.72. The molecule has 0 fully saturated rings. The summed E-state index contributed by atoms with van der Waals surface area (Å²) in [6.45, 7) is 2.57. The van der Waals surface area contributed by atoms with E-state index >= 15 is 0 Å². The van der Waals surface area contributed by atoms with E-state index in [9.17, 15) is 18.0 Å². The van der Waals surface area contributed by atoms with Gasteiger partial charge in [0.05, 0.1) is 17.8 Å². The predicted molar refractivity (Wildman–Crippen MR) is 83.7 cm³/mol. The third-order valence-electron chi connectivity index (χ3n) is 2.63. The predicted octanol–water partition coefficient (Wildman–Crippen LogP) is 1.68. The van der Waals surface area contributed by atoms with Crippen LogP contribution in [0.25, 0.3) is 0 Å². The molecule has 1 aromatic rings. The molecule has 6 nitrogen and oxygen atoms in total. The number of benzene rings is 1. The van der Waals surface area contributed by atoms with Gasteiger partial charge in [-0.05, 0) is 24.3 Å². The molecule has 0 amide bonds. The lowest BCUT2D eigenvalue weighted by Gasteiger charge is -2.16. The summed E-state index contributed by atoms with van der Waals surface area (Å²) in [4.78, 5) is 22.2. The van der Waals surface area contributed by atoms with Gasteiger partial charge in [0.2, 0.25) is 0 Å². The van der Waals surface area contributed by atoms with Gasteiger partial charge in [-0.2, -0.15) is 0 Å². The van der Waals surface area contributed by atoms with Crippen LogP contribution in [0.1, 0.15) is 13.8 Å². The number of sulfone groups is 1. The molecule has 0 saturated heterocycles. The van der Waals surface area contributed by atoms with Gasteiger partial charge in [0.15, 0.2) is 15.0 Å². The third kappa shape index (κ3) is 6.07. The zero-order valence-corrected chi connectivity index (χ0v) is 14.2. The highest BCUT2D eigenvalue weighted by Crippen LogP contribution is 2.19. The molecular formula is C14H18O6S2. The minimum Gasteiger partial charge on any atom is -0.497 e. The second-order valence-electron chi connectivity index (χ2n) is 4.49. The van der Waals surface area contributed by atoms with Crippen molar-refractivity contribution < 1.29 is 27.5 Å². The molecule has 0 heterocycles. The molecule has 1 rings (SSSR count). The van der Waals surface area contributed by atoms with Crippen LogP contribution in [0.2, 0.25) is 0 Å². The summed E-state index contributed by atoms with van der Waals surface area (Å²) in [6, 6.07) is 5.93. The van der Waals surface area contributed by atoms with Crippen LogP contribution >= 0.6 is 11.8 Å². The molecule has 0 aromatic heterocycles. The molecule has 122 valence electrons. The Hall–Kier alpha value is -1.54. The molecule has 22 heavy (non-hydrogen) atoms. The van der Waals surface area contributed by atoms with Gasteiger partial charge in [-0.1, -0.05) is 11.8 Å². The Morgan fingerprint density at radius 1 is 1.18 bits per heavy atom. The Kier molecular flexibility index (Phi) is 6.89. The summed E-state index contributed by atoms with van der Waals surface area (Å²) in [7, 11) is -2.15. The van der Waals surface area contributed by atoms with Crippen LogP contribution < -0.4 is 4.74 Å². The van der Waals surface area contributed by atoms with Gasteiger partial charge in [0.25, 0.3) is 0 Å². The standard InChI is InChI=1S/C14H18O6S2/c1-10(15)20-13(8-21-11(2)16)9-22(17,18)14-6-4-12(19-3)5-7-14/h4-7,13H,8-9H2,1-3H3. The summed E-state index contributed by atoms with van der Waals surface area (Å²) in [5.74, 6) is -0.314. The molecule has 1 unspecified atom stereocenters. The Morgan fingerprint density at radius 2 is 1.77 bits per heavy atom. The van der Waals surface area contributed by atoms with Crippen molar-refractivity contribution in [2.24, 2.45) is 0 Å². The fourth-order valence-electron chi connectivity index (χ4n) is 1.69. The number of rotatable bonds is 7. The number of hydrogen-bond donors (Lipinski definition) is 0. The van der Waals surface area contributed by atoms with Gasteiger partial charge in [-0.15, -0.1) is 0 Å². The highest BCUT2D eigenvalue weighted by molar-refractivity contribution is 8.13. The number of methoxy groups -OCH3 is 1. The zero-order valence-electron chi connectivity index (χ0n) is 12.6. The number of esters is 1. The first-order valence-electron chi connectivity index (χ1n) is 6.42. The Balaban J connectivity index is 2.87. The lowest BCUT2D eigenvalue weighted by atomic mass is 10.3. The topological polar surface area (TPSA) is 86.7 Å². The van der Waals surface area contributed by atoms with Gasteiger partial charge in [0.1, 0.15) is 11.9 Å². The molecule has 0 aliphatic rings. The zero-order chi connectivity index (χ0) is 16.8. The number of carbonyl (C=O) groups is 2. The molecule has 0 radical (unpaired) electrons. The molecule has 0 aliphatic carbocycles. The van der Waals surface area contributed by atoms with E-state index in [-0.39, 0.29) is 21.5 Å². The molecule has 0 bridgehead atoms. The lowest BCUT2D eigenvalue weighted by Crippen LogP contribution is -2.28. The van der Waals surface area contributed by atoms with Crippen LogP contribution in [0.15, 0.2) is 29.2 Å². The maximum absolute atomic E-state index is 12.3. The maximum Gasteiger partial charge on any atom is 0.302 e. The van der Waals surface area contributed by atoms with Crippen LogP contribution in [0, 0.1) is 0 Å². The van der Waals surface area contributed by atoms with Crippen molar-refractivity contribution in [2.75, 3.05) is 18.6 Å². The van der Waals surface area contributed by atoms with Gasteiger partial charge in [0, 0.05) is 19.6 Å². The van der Waals surface area contributed by atoms with Gasteiger partial charge < -0.3 is 9.47 Å². The molecule has 0 aliphatic heterocycles. The first-order chi connectivity index (χ1) is 10.2. The third-order valence-corrected chi connectivity index (χ3v) is 5.37. The number of hydrogen-bond acceptors (Lipinski definition) is 7. The number of thioether (sulfide) groups is 1. The first-order valence-corrected chi connectivity index (χ1v) is 9.06. The van der Waals surface area contributed by atoms with E-state index in [1.165, 1.54) is 45.2 Å². The molecule has 0 saturated carbocycles. The number of ether oxygens (including phenoxy) is 2. The van der Waals surface area contributed by atoms with Crippen molar-refractivity contribution in [1.82, 2.24) is 0 Å². The van der Waals surface area contributed by atoms with E-state index in [2.05, 4.69) is 0 Å². The Bertz CT molecular complexity index is 621. The number of carbonyl (C=O) groups excluding carboxylic acids is 2. The van der Waals surface area contributed by atoms with Gasteiger partial charge in [-0.25, -0.2) is 8.42 Å². The Morgan fingerprint density at radius 3 is 2.23 bits per heavy atom. The largest absolute Gasteiger partial charge is 0.497 e. The van der Waals surface area contributed by atoms with Gasteiger partial charge in [-0.3, -0.25) is 9.59 Å². The highest BCUT2D eigenvalue weighted by atomic mass is 32.2. The molecule has 1 aromatic carbocycles. The van der Waals surface area contributed by atoms with E-state index < -0.39 is 21.9 Å². The summed E-state index contributed by atoms with van der Waals surface area (Å²) in [5.41, 5.74) is 0. The van der Waals surface area contributed by atoms with Crippen LogP contribution in [-0.4, -0.2) is 44.2 Å². The van der Waals surface area contributed by atoms with Crippen LogP contribution in [0.3, 0.4) is 0 Å². The fourth-order valence-corrected chi connectivity index (χ4v) is 3.86. The fraction of sp³-hybridized carbons (Fsp3) is 0.429. The molecular weight excluding hydrogens is 328 g/mol.